The van der Waals surface area contributed by atoms with Crippen molar-refractivity contribution in [2.75, 3.05) is 10.9 Å². The first kappa shape index (κ1) is 38.2. The molecule has 0 spiro atoms. The third-order valence-electron chi connectivity index (χ3n) is 11.5. The number of aromatic nitrogens is 8. The Morgan fingerprint density at radius 2 is 0.554 bits per heavy atom. The molecule has 9 aromatic rings. The molecule has 0 saturated carbocycles. The van der Waals surface area contributed by atoms with Gasteiger partial charge in [0, 0.05) is 43.8 Å². The molecular weight excluding hydrogens is 868 g/mol. The summed E-state index contributed by atoms with van der Waals surface area (Å²) in [4.78, 5) is 88.2. The van der Waals surface area contributed by atoms with Crippen molar-refractivity contribution >= 4 is 67.8 Å². The zero-order valence-corrected chi connectivity index (χ0v) is 34.7. The molecule has 4 amide bonds. The summed E-state index contributed by atoms with van der Waals surface area (Å²) in [6.45, 7) is 0. The number of hydrogen-bond donors (Lipinski definition) is 2. The summed E-state index contributed by atoms with van der Waals surface area (Å²) in [5.41, 5.74) is 8.12. The Kier molecular flexibility index (Phi) is 8.86. The summed E-state index contributed by atoms with van der Waals surface area (Å²) in [7, 11) is 0. The van der Waals surface area contributed by atoms with Crippen molar-refractivity contribution < 1.29 is 34.1 Å². The number of carbonyl (C=O) groups is 4. The molecule has 4 aliphatic rings. The summed E-state index contributed by atoms with van der Waals surface area (Å²) >= 11 is 1.28. The molecule has 0 aliphatic carbocycles. The van der Waals surface area contributed by atoms with Gasteiger partial charge in [-0.25, -0.2) is 29.9 Å². The molecule has 0 unspecified atom stereocenters. The molecule has 65 heavy (non-hydrogen) atoms. The van der Waals surface area contributed by atoms with E-state index in [-0.39, 0.29) is 34.5 Å². The second-order valence-electron chi connectivity index (χ2n) is 15.3. The molecule has 0 radical (unpaired) electrons. The zero-order valence-electron chi connectivity index (χ0n) is 33.8. The number of fused-ring (bicyclic) bond motifs is 22. The molecule has 7 heterocycles. The minimum atomic E-state index is -0.354. The summed E-state index contributed by atoms with van der Waals surface area (Å²) < 4.78 is 0. The van der Waals surface area contributed by atoms with Crippen LogP contribution in [0.15, 0.2) is 146 Å². The Bertz CT molecular complexity index is 3270. The Balaban J connectivity index is 0.000000153. The van der Waals surface area contributed by atoms with E-state index in [9.17, 15) is 19.2 Å². The number of benzene rings is 6. The smallest absolute Gasteiger partial charge is 0.164 e. The molecule has 3 aromatic heterocycles. The van der Waals surface area contributed by atoms with E-state index in [4.69, 9.17) is 29.9 Å². The van der Waals surface area contributed by atoms with Crippen LogP contribution in [-0.2, 0) is 15.0 Å². The molecule has 315 valence electrons. The van der Waals surface area contributed by atoms with Gasteiger partial charge in [0.15, 0.2) is 23.3 Å². The van der Waals surface area contributed by atoms with Crippen LogP contribution in [0, 0.1) is 0 Å². The largest absolute Gasteiger partial charge is 0.324 e. The fourth-order valence-electron chi connectivity index (χ4n) is 8.41. The Morgan fingerprint density at radius 3 is 0.815 bits per heavy atom. The fraction of sp³-hybridized carbons (Fsp3) is 0.0400. The van der Waals surface area contributed by atoms with Crippen molar-refractivity contribution in [1.29, 1.82) is 0 Å². The average Bonchev–Trinajstić information content (AvgIpc) is 4.17. The third kappa shape index (κ3) is 6.24. The summed E-state index contributed by atoms with van der Waals surface area (Å²) in [6.07, 6.45) is 0. The zero-order chi connectivity index (χ0) is 43.8. The number of nitrogens with zero attached hydrogens (tertiary/aromatic N) is 8. The quantitative estimate of drug-likeness (QED) is 0.128. The van der Waals surface area contributed by atoms with Crippen LogP contribution in [0.3, 0.4) is 0 Å². The van der Waals surface area contributed by atoms with Gasteiger partial charge in [0.25, 0.3) is 0 Å². The number of H-pyrrole nitrogens is 2. The molecule has 14 nitrogen and oxygen atoms in total. The van der Waals surface area contributed by atoms with E-state index in [1.165, 1.54) is 15.0 Å². The number of aromatic amines is 2. The van der Waals surface area contributed by atoms with E-state index >= 15 is 0 Å². The van der Waals surface area contributed by atoms with Gasteiger partial charge in [0.2, 0.25) is 0 Å². The predicted octanol–water partition coefficient (Wildman–Crippen LogP) is 8.45. The molecule has 0 saturated heterocycles. The molecule has 15 heteroatoms. The van der Waals surface area contributed by atoms with E-state index in [2.05, 4.69) is 9.97 Å². The standard InChI is InChI=1S/C32H18N8.2C9H6NO2.Cu/c1-2-10-18-17(9-1)25-33-26(18)38-28-21-13-5-6-14-22(21)30(35-28)40-32-24-16-8-7-15-23(24)31(36-32)39-29-20-12-4-3-11-19(20)27(34-29)37-25;2*1-10-8(11)6-4-2-3-5-7(6)9(10)12;/h1-16H,(H2,33,34,35,36,37,38,39,40);2*2-5H,1H2;. The topological polar surface area (TPSA) is 184 Å². The first-order valence-corrected chi connectivity index (χ1v) is 21.7. The van der Waals surface area contributed by atoms with Gasteiger partial charge in [0.05, 0.1) is 0 Å². The monoisotopic (exact) mass is 897 g/mol. The van der Waals surface area contributed by atoms with Gasteiger partial charge in [-0.15, -0.1) is 0 Å². The molecule has 0 atom stereocenters. The van der Waals surface area contributed by atoms with Crippen LogP contribution in [0.5, 0.6) is 0 Å². The second-order valence-corrected chi connectivity index (χ2v) is 16.4. The number of amides is 4. The molecule has 8 bridgehead atoms. The van der Waals surface area contributed by atoms with E-state index < -0.39 is 0 Å². The van der Waals surface area contributed by atoms with Gasteiger partial charge in [-0.3, -0.25) is 0 Å². The summed E-state index contributed by atoms with van der Waals surface area (Å²) in [5.74, 6) is 0.973. The van der Waals surface area contributed by atoms with E-state index in [0.717, 1.165) is 53.6 Å². The van der Waals surface area contributed by atoms with Crippen LogP contribution in [-0.4, -0.2) is 84.2 Å². The van der Waals surface area contributed by atoms with Gasteiger partial charge >= 0.3 is 149 Å². The Hall–Kier alpha value is -8.52. The number of carbonyl (C=O) groups excluding carboxylic acids is 4. The maximum Gasteiger partial charge on any atom is 0.164 e. The maximum absolute atomic E-state index is 12.3. The van der Waals surface area contributed by atoms with Crippen molar-refractivity contribution in [3.05, 3.63) is 168 Å². The SMILES string of the molecule is O=C1c2ccccc2C(=O)N1[CH2][Cu][CH2]N1C(=O)c2ccccc2C1=O.c1ccc2c(c1)-c1nc-2nc2[nH]c(nc3nc(nc4[nH]c(n1)c1ccccc41)-c1ccccc1-3)c1ccccc21. The molecule has 2 N–H and O–H groups in total. The fourth-order valence-corrected chi connectivity index (χ4v) is 9.46. The van der Waals surface area contributed by atoms with Crippen LogP contribution in [0.4, 0.5) is 0 Å². The third-order valence-corrected chi connectivity index (χ3v) is 12.6. The van der Waals surface area contributed by atoms with Gasteiger partial charge in [-0.1, -0.05) is 97.1 Å². The first-order valence-electron chi connectivity index (χ1n) is 20.4. The number of hydrogen-bond acceptors (Lipinski definition) is 10. The van der Waals surface area contributed by atoms with Gasteiger partial charge in [-0.2, -0.15) is 0 Å². The van der Waals surface area contributed by atoms with Crippen LogP contribution in [0.25, 0.3) is 89.7 Å². The number of rotatable bonds is 4. The maximum atomic E-state index is 12.3. The number of imide groups is 2. The van der Waals surface area contributed by atoms with E-state index in [0.29, 0.717) is 68.1 Å². The van der Waals surface area contributed by atoms with Crippen LogP contribution >= 0.6 is 0 Å². The van der Waals surface area contributed by atoms with Crippen molar-refractivity contribution in [3.8, 4) is 45.6 Å². The summed E-state index contributed by atoms with van der Waals surface area (Å²) in [5, 5.41) is 3.82. The van der Waals surface area contributed by atoms with Crippen molar-refractivity contribution in [2.45, 2.75) is 0 Å². The summed E-state index contributed by atoms with van der Waals surface area (Å²) in [6, 6.07) is 45.5. The van der Waals surface area contributed by atoms with Crippen molar-refractivity contribution in [3.63, 3.8) is 0 Å². The van der Waals surface area contributed by atoms with E-state index in [1.54, 1.807) is 48.5 Å². The van der Waals surface area contributed by atoms with Crippen LogP contribution < -0.4 is 0 Å². The molecule has 6 aromatic carbocycles. The van der Waals surface area contributed by atoms with Crippen LogP contribution in [0.2, 0.25) is 0 Å². The van der Waals surface area contributed by atoms with Gasteiger partial charge in [-0.05, 0) is 0 Å². The van der Waals surface area contributed by atoms with Crippen molar-refractivity contribution in [2.24, 2.45) is 0 Å². The normalized spacial score (nSPS) is 13.5. The van der Waals surface area contributed by atoms with E-state index in [1.807, 2.05) is 97.1 Å². The second kappa shape index (κ2) is 15.1. The first-order chi connectivity index (χ1) is 31.9. The Labute approximate surface area is 374 Å². The predicted molar refractivity (Wildman–Crippen MR) is 240 cm³/mol. The minimum Gasteiger partial charge on any atom is -0.324 e. The van der Waals surface area contributed by atoms with Gasteiger partial charge in [0.1, 0.15) is 22.6 Å². The molecule has 0 fully saturated rings. The van der Waals surface area contributed by atoms with Crippen molar-refractivity contribution in [1.82, 2.24) is 49.7 Å². The molecule has 4 aliphatic heterocycles. The molecule has 13 rings (SSSR count). The molecular formula is C50H30CuN10O4. The minimum absolute atomic E-state index is 0.0727. The number of nitrogens with one attached hydrogen (secondary N) is 2. The average molecular weight is 898 g/mol. The van der Waals surface area contributed by atoms with Crippen LogP contribution in [0.1, 0.15) is 41.4 Å². The Morgan fingerprint density at radius 1 is 0.323 bits per heavy atom. The van der Waals surface area contributed by atoms with Gasteiger partial charge < -0.3 is 9.97 Å².